The number of hydrogen-bond acceptors (Lipinski definition) is 4. The Morgan fingerprint density at radius 3 is 2.87 bits per heavy atom. The average Bonchev–Trinajstić information content (AvgIpc) is 2.22. The molecule has 1 aliphatic heterocycles. The highest BCUT2D eigenvalue weighted by Gasteiger charge is 2.17. The molecule has 0 aromatic rings. The summed E-state index contributed by atoms with van der Waals surface area (Å²) < 4.78 is 5.49. The van der Waals surface area contributed by atoms with Crippen LogP contribution in [0.4, 0.5) is 0 Å². The van der Waals surface area contributed by atoms with Gasteiger partial charge in [-0.2, -0.15) is 0 Å². The van der Waals surface area contributed by atoms with Gasteiger partial charge in [0.05, 0.1) is 6.10 Å². The molecule has 1 fully saturated rings. The summed E-state index contributed by atoms with van der Waals surface area (Å²) in [7, 11) is 4.61. The third-order valence-corrected chi connectivity index (χ3v) is 2.83. The minimum absolute atomic E-state index is 0.162. The lowest BCUT2D eigenvalue weighted by Crippen LogP contribution is -2.28. The predicted octanol–water partition coefficient (Wildman–Crippen LogP) is -0.0204. The largest absolute Gasteiger partial charge is 0.379 e. The van der Waals surface area contributed by atoms with Crippen molar-refractivity contribution in [2.75, 3.05) is 20.1 Å². The zero-order valence-corrected chi connectivity index (χ0v) is 9.81. The van der Waals surface area contributed by atoms with Crippen LogP contribution in [-0.2, 0) is 4.74 Å². The summed E-state index contributed by atoms with van der Waals surface area (Å²) in [6, 6.07) is -0.331. The van der Waals surface area contributed by atoms with Crippen molar-refractivity contribution in [1.82, 2.24) is 4.90 Å². The topological polar surface area (TPSA) is 52.9 Å². The summed E-state index contributed by atoms with van der Waals surface area (Å²) in [5.74, 6) is 1.32. The third kappa shape index (κ3) is 5.54. The smallest absolute Gasteiger partial charge is 0.134 e. The second-order valence-corrected chi connectivity index (χ2v) is 5.76. The third-order valence-electron chi connectivity index (χ3n) is 2.18. The molecule has 2 N–H and O–H groups in total. The summed E-state index contributed by atoms with van der Waals surface area (Å²) in [5, 5.41) is 0. The molecule has 0 saturated carbocycles. The van der Waals surface area contributed by atoms with Gasteiger partial charge in [-0.3, -0.25) is 0 Å². The quantitative estimate of drug-likeness (QED) is 0.516. The summed E-state index contributed by atoms with van der Waals surface area (Å²) in [4.78, 5) is 20.3. The van der Waals surface area contributed by atoms with Crippen LogP contribution >= 0.6 is 7.34 Å². The second-order valence-electron chi connectivity index (χ2n) is 3.89. The lowest BCUT2D eigenvalue weighted by molar-refractivity contribution is 0.0676. The first-order chi connectivity index (χ1) is 6.87. The summed E-state index contributed by atoms with van der Waals surface area (Å²) >= 11 is 0. The van der Waals surface area contributed by atoms with E-state index >= 15 is 0 Å². The van der Waals surface area contributed by atoms with Crippen LogP contribution in [0.1, 0.15) is 6.42 Å². The standard InChI is InChI=1S/C9H17BNO3P/c1-11-5-3-8(14-9(10)7-11)4-6-15(2,12)13/h4,6,8-9,12-13H,2-3,5,7H2,1H3/b6-4+. The van der Waals surface area contributed by atoms with Gasteiger partial charge in [0.1, 0.15) is 15.2 Å². The SMILES string of the molecule is [B]C1CN(C)CCC(/C=C/P(=C)(O)O)O1. The Morgan fingerprint density at radius 1 is 1.60 bits per heavy atom. The Morgan fingerprint density at radius 2 is 2.27 bits per heavy atom. The Hall–Kier alpha value is -0.0551. The Kier molecular flexibility index (Phi) is 4.62. The molecule has 0 aromatic heterocycles. The molecule has 2 atom stereocenters. The van der Waals surface area contributed by atoms with Gasteiger partial charge < -0.3 is 19.4 Å². The second kappa shape index (κ2) is 5.33. The molecule has 2 radical (unpaired) electrons. The molecule has 0 bridgehead atoms. The Labute approximate surface area is 92.1 Å². The van der Waals surface area contributed by atoms with Gasteiger partial charge in [0.15, 0.2) is 0 Å². The molecule has 2 unspecified atom stereocenters. The monoisotopic (exact) mass is 229 g/mol. The molecule has 0 aliphatic carbocycles. The van der Waals surface area contributed by atoms with E-state index in [9.17, 15) is 0 Å². The molecule has 6 heteroatoms. The van der Waals surface area contributed by atoms with E-state index in [2.05, 4.69) is 11.2 Å². The Balaban J connectivity index is 2.55. The molecular formula is C9H17BNO3P. The minimum Gasteiger partial charge on any atom is -0.379 e. The first-order valence-corrected chi connectivity index (χ1v) is 6.79. The molecule has 1 rings (SSSR count). The van der Waals surface area contributed by atoms with Gasteiger partial charge in [-0.1, -0.05) is 6.08 Å². The molecule has 1 aliphatic rings. The molecule has 1 saturated heterocycles. The van der Waals surface area contributed by atoms with E-state index in [0.717, 1.165) is 13.0 Å². The summed E-state index contributed by atoms with van der Waals surface area (Å²) in [5.41, 5.74) is 0. The molecule has 4 nitrogen and oxygen atoms in total. The number of ether oxygens (including phenoxy) is 1. The minimum atomic E-state index is -3.10. The lowest BCUT2D eigenvalue weighted by Gasteiger charge is -2.17. The van der Waals surface area contributed by atoms with Gasteiger partial charge in [0.2, 0.25) is 0 Å². The van der Waals surface area contributed by atoms with Crippen molar-refractivity contribution in [3.8, 4) is 0 Å². The van der Waals surface area contributed by atoms with Gasteiger partial charge in [-0.05, 0) is 25.6 Å². The maximum Gasteiger partial charge on any atom is 0.134 e. The maximum absolute atomic E-state index is 9.11. The lowest BCUT2D eigenvalue weighted by atomic mass is 10.00. The van der Waals surface area contributed by atoms with E-state index in [1.165, 1.54) is 5.82 Å². The number of likely N-dealkylation sites (N-methyl/N-ethyl adjacent to an activating group) is 1. The molecule has 0 amide bonds. The number of nitrogens with zero attached hydrogens (tertiary/aromatic N) is 1. The fourth-order valence-corrected chi connectivity index (χ4v) is 1.92. The van der Waals surface area contributed by atoms with E-state index < -0.39 is 7.34 Å². The maximum atomic E-state index is 9.11. The highest BCUT2D eigenvalue weighted by molar-refractivity contribution is 7.65. The van der Waals surface area contributed by atoms with Crippen molar-refractivity contribution in [1.29, 1.82) is 0 Å². The molecular weight excluding hydrogens is 212 g/mol. The van der Waals surface area contributed by atoms with Crippen LogP contribution in [0.2, 0.25) is 0 Å². The van der Waals surface area contributed by atoms with Gasteiger partial charge >= 0.3 is 0 Å². The highest BCUT2D eigenvalue weighted by atomic mass is 31.2. The van der Waals surface area contributed by atoms with Crippen molar-refractivity contribution in [3.05, 3.63) is 11.9 Å². The summed E-state index contributed by atoms with van der Waals surface area (Å²) in [6.07, 6.45) is 5.52. The van der Waals surface area contributed by atoms with Crippen molar-refractivity contribution < 1.29 is 14.5 Å². The van der Waals surface area contributed by atoms with Gasteiger partial charge in [0.25, 0.3) is 0 Å². The fraction of sp³-hybridized carbons (Fsp3) is 0.667. The molecule has 15 heavy (non-hydrogen) atoms. The fourth-order valence-electron chi connectivity index (χ4n) is 1.46. The highest BCUT2D eigenvalue weighted by Crippen LogP contribution is 2.35. The van der Waals surface area contributed by atoms with Gasteiger partial charge in [-0.15, -0.1) is 0 Å². The van der Waals surface area contributed by atoms with Crippen molar-refractivity contribution in [2.45, 2.75) is 18.5 Å². The van der Waals surface area contributed by atoms with Crippen LogP contribution in [-0.4, -0.2) is 61.1 Å². The van der Waals surface area contributed by atoms with Crippen LogP contribution < -0.4 is 0 Å². The molecule has 84 valence electrons. The van der Waals surface area contributed by atoms with E-state index in [-0.39, 0.29) is 12.1 Å². The van der Waals surface area contributed by atoms with E-state index in [0.29, 0.717) is 6.54 Å². The van der Waals surface area contributed by atoms with Crippen LogP contribution in [0.3, 0.4) is 0 Å². The van der Waals surface area contributed by atoms with Crippen LogP contribution in [0.5, 0.6) is 0 Å². The van der Waals surface area contributed by atoms with Crippen LogP contribution in [0.25, 0.3) is 0 Å². The normalized spacial score (nSPS) is 30.6. The van der Waals surface area contributed by atoms with Crippen molar-refractivity contribution >= 4 is 21.5 Å². The molecule has 0 spiro atoms. The van der Waals surface area contributed by atoms with Crippen molar-refractivity contribution in [2.24, 2.45) is 0 Å². The first kappa shape index (κ1) is 13.0. The number of hydrogen-bond donors (Lipinski definition) is 2. The van der Waals surface area contributed by atoms with E-state index in [1.54, 1.807) is 6.08 Å². The summed E-state index contributed by atoms with van der Waals surface area (Å²) in [6.45, 7) is 1.56. The van der Waals surface area contributed by atoms with Crippen LogP contribution in [0.15, 0.2) is 11.9 Å². The van der Waals surface area contributed by atoms with E-state index in [4.69, 9.17) is 22.4 Å². The van der Waals surface area contributed by atoms with E-state index in [1.807, 2.05) is 7.05 Å². The Bertz CT molecular complexity index is 279. The van der Waals surface area contributed by atoms with Crippen LogP contribution in [0, 0.1) is 0 Å². The number of rotatable bonds is 2. The van der Waals surface area contributed by atoms with Gasteiger partial charge in [0, 0.05) is 19.1 Å². The average molecular weight is 229 g/mol. The van der Waals surface area contributed by atoms with Gasteiger partial charge in [-0.25, -0.2) is 0 Å². The molecule has 1 heterocycles. The first-order valence-electron chi connectivity index (χ1n) is 4.84. The van der Waals surface area contributed by atoms with Crippen molar-refractivity contribution in [3.63, 3.8) is 0 Å². The molecule has 0 aromatic carbocycles. The predicted molar refractivity (Wildman–Crippen MR) is 64.1 cm³/mol. The zero-order valence-electron chi connectivity index (χ0n) is 8.91. The zero-order chi connectivity index (χ0) is 11.5.